The van der Waals surface area contributed by atoms with Crippen LogP contribution in [-0.4, -0.2) is 12.6 Å². The normalized spacial score (nSPS) is 8.73. The number of esters is 1. The van der Waals surface area contributed by atoms with E-state index < -0.39 is 0 Å². The number of nitriles is 1. The Morgan fingerprint density at radius 2 is 2.36 bits per heavy atom. The van der Waals surface area contributed by atoms with E-state index in [2.05, 4.69) is 6.92 Å². The zero-order chi connectivity index (χ0) is 8.53. The van der Waals surface area contributed by atoms with Gasteiger partial charge in [0.15, 0.2) is 0 Å². The molecule has 61 valence electrons. The molecule has 0 spiro atoms. The second-order valence-corrected chi connectivity index (χ2v) is 2.09. The summed E-state index contributed by atoms with van der Waals surface area (Å²) in [6.07, 6.45) is 2.18. The van der Waals surface area contributed by atoms with E-state index >= 15 is 0 Å². The van der Waals surface area contributed by atoms with Crippen LogP contribution >= 0.6 is 0 Å². The van der Waals surface area contributed by atoms with Crippen LogP contribution in [0.25, 0.3) is 0 Å². The highest BCUT2D eigenvalue weighted by Crippen LogP contribution is 1.96. The monoisotopic (exact) mass is 154 g/mol. The summed E-state index contributed by atoms with van der Waals surface area (Å²) in [5, 5.41) is 8.10. The Hall–Kier alpha value is -1.04. The Balaban J connectivity index is 3.17. The van der Waals surface area contributed by atoms with Gasteiger partial charge in [0.2, 0.25) is 0 Å². The van der Waals surface area contributed by atoms with Crippen LogP contribution in [0.3, 0.4) is 0 Å². The number of nitrogens with zero attached hydrogens (tertiary/aromatic N) is 1. The highest BCUT2D eigenvalue weighted by Gasteiger charge is 1.99. The van der Waals surface area contributed by atoms with Crippen molar-refractivity contribution >= 4 is 5.97 Å². The first kappa shape index (κ1) is 9.96. The standard InChI is InChI=1S/C8H12NO2/c1-2-3-5-8(10)11-7-4-6-9/h1-5,7H2. The van der Waals surface area contributed by atoms with Crippen LogP contribution in [0.1, 0.15) is 25.7 Å². The van der Waals surface area contributed by atoms with Gasteiger partial charge in [-0.15, -0.1) is 0 Å². The molecule has 0 heterocycles. The zero-order valence-corrected chi connectivity index (χ0v) is 6.51. The van der Waals surface area contributed by atoms with Crippen LogP contribution in [0.5, 0.6) is 0 Å². The molecule has 0 unspecified atom stereocenters. The summed E-state index contributed by atoms with van der Waals surface area (Å²) in [6.45, 7) is 3.81. The lowest BCUT2D eigenvalue weighted by Gasteiger charge is -1.99. The molecule has 0 rings (SSSR count). The number of carbonyl (C=O) groups excluding carboxylic acids is 1. The van der Waals surface area contributed by atoms with Crippen molar-refractivity contribution in [3.63, 3.8) is 0 Å². The maximum absolute atomic E-state index is 10.7. The van der Waals surface area contributed by atoms with Gasteiger partial charge in [-0.3, -0.25) is 4.79 Å². The molecule has 0 saturated heterocycles. The molecule has 0 saturated carbocycles. The molecular formula is C8H12NO2. The third-order valence-electron chi connectivity index (χ3n) is 1.11. The average Bonchev–Trinajstić information content (AvgIpc) is 2.01. The molecule has 1 radical (unpaired) electrons. The minimum atomic E-state index is -0.232. The van der Waals surface area contributed by atoms with Crippen LogP contribution in [-0.2, 0) is 9.53 Å². The highest BCUT2D eigenvalue weighted by atomic mass is 16.5. The van der Waals surface area contributed by atoms with Crippen molar-refractivity contribution in [2.45, 2.75) is 25.7 Å². The van der Waals surface area contributed by atoms with Crippen molar-refractivity contribution in [2.24, 2.45) is 0 Å². The molecule has 0 bridgehead atoms. The van der Waals surface area contributed by atoms with E-state index in [9.17, 15) is 4.79 Å². The highest BCUT2D eigenvalue weighted by molar-refractivity contribution is 5.69. The van der Waals surface area contributed by atoms with E-state index in [1.54, 1.807) is 0 Å². The van der Waals surface area contributed by atoms with Gasteiger partial charge in [0.05, 0.1) is 12.5 Å². The van der Waals surface area contributed by atoms with E-state index in [1.165, 1.54) is 0 Å². The van der Waals surface area contributed by atoms with Crippen LogP contribution < -0.4 is 0 Å². The molecule has 0 aromatic rings. The van der Waals surface area contributed by atoms with Crippen molar-refractivity contribution in [3.05, 3.63) is 6.92 Å². The Morgan fingerprint density at radius 3 is 2.91 bits per heavy atom. The molecule has 0 fully saturated rings. The third kappa shape index (κ3) is 6.85. The smallest absolute Gasteiger partial charge is 0.305 e. The van der Waals surface area contributed by atoms with Gasteiger partial charge < -0.3 is 4.74 Å². The lowest BCUT2D eigenvalue weighted by atomic mass is 10.2. The summed E-state index contributed by atoms with van der Waals surface area (Å²) in [6, 6.07) is 1.89. The maximum Gasteiger partial charge on any atom is 0.305 e. The van der Waals surface area contributed by atoms with Crippen molar-refractivity contribution < 1.29 is 9.53 Å². The minimum absolute atomic E-state index is 0.215. The fourth-order valence-corrected chi connectivity index (χ4v) is 0.552. The summed E-state index contributed by atoms with van der Waals surface area (Å²) in [4.78, 5) is 10.7. The van der Waals surface area contributed by atoms with Gasteiger partial charge in [0.25, 0.3) is 0 Å². The van der Waals surface area contributed by atoms with Crippen LogP contribution in [0.2, 0.25) is 0 Å². The molecule has 0 aliphatic heterocycles. The molecule has 0 aliphatic rings. The second-order valence-electron chi connectivity index (χ2n) is 2.09. The molecule has 0 N–H and O–H groups in total. The average molecular weight is 154 g/mol. The summed E-state index contributed by atoms with van der Waals surface area (Å²) >= 11 is 0. The number of rotatable bonds is 5. The number of unbranched alkanes of at least 4 members (excludes halogenated alkanes) is 1. The van der Waals surface area contributed by atoms with Gasteiger partial charge in [-0.1, -0.05) is 13.3 Å². The fraction of sp³-hybridized carbons (Fsp3) is 0.625. The van der Waals surface area contributed by atoms with Gasteiger partial charge >= 0.3 is 5.97 Å². The first-order valence-electron chi connectivity index (χ1n) is 3.63. The second kappa shape index (κ2) is 7.07. The minimum Gasteiger partial charge on any atom is -0.465 e. The first-order valence-corrected chi connectivity index (χ1v) is 3.63. The van der Waals surface area contributed by atoms with E-state index in [0.29, 0.717) is 6.42 Å². The zero-order valence-electron chi connectivity index (χ0n) is 6.51. The SMILES string of the molecule is [CH2]CCCC(=O)OCCC#N. The molecule has 0 aliphatic carbocycles. The van der Waals surface area contributed by atoms with Crippen molar-refractivity contribution in [1.82, 2.24) is 0 Å². The Bertz CT molecular complexity index is 149. The first-order chi connectivity index (χ1) is 5.31. The number of ether oxygens (including phenoxy) is 1. The Kier molecular flexibility index (Phi) is 6.40. The topological polar surface area (TPSA) is 50.1 Å². The molecule has 11 heavy (non-hydrogen) atoms. The third-order valence-corrected chi connectivity index (χ3v) is 1.11. The van der Waals surface area contributed by atoms with E-state index in [4.69, 9.17) is 10.00 Å². The fourth-order valence-electron chi connectivity index (χ4n) is 0.552. The summed E-state index contributed by atoms with van der Waals surface area (Å²) in [5.41, 5.74) is 0. The molecule has 0 aromatic heterocycles. The van der Waals surface area contributed by atoms with Crippen LogP contribution in [0, 0.1) is 18.3 Å². The van der Waals surface area contributed by atoms with Crippen molar-refractivity contribution in [1.29, 1.82) is 5.26 Å². The predicted molar refractivity (Wildman–Crippen MR) is 40.4 cm³/mol. The quantitative estimate of drug-likeness (QED) is 0.444. The summed E-state index contributed by atoms with van der Waals surface area (Å²) < 4.78 is 4.70. The number of hydrogen-bond donors (Lipinski definition) is 0. The van der Waals surface area contributed by atoms with Crippen LogP contribution in [0.4, 0.5) is 0 Å². The maximum atomic E-state index is 10.7. The van der Waals surface area contributed by atoms with Crippen molar-refractivity contribution in [3.8, 4) is 6.07 Å². The Labute approximate surface area is 67.0 Å². The largest absolute Gasteiger partial charge is 0.465 e. The molecule has 3 heteroatoms. The van der Waals surface area contributed by atoms with E-state index in [0.717, 1.165) is 12.8 Å². The van der Waals surface area contributed by atoms with Gasteiger partial charge in [-0.25, -0.2) is 0 Å². The number of carbonyl (C=O) groups is 1. The summed E-state index contributed by atoms with van der Waals surface area (Å²) in [7, 11) is 0. The van der Waals surface area contributed by atoms with Gasteiger partial charge in [-0.2, -0.15) is 5.26 Å². The molecule has 0 amide bonds. The van der Waals surface area contributed by atoms with Crippen LogP contribution in [0.15, 0.2) is 0 Å². The lowest BCUT2D eigenvalue weighted by molar-refractivity contribution is -0.143. The Morgan fingerprint density at radius 1 is 1.64 bits per heavy atom. The van der Waals surface area contributed by atoms with Crippen molar-refractivity contribution in [2.75, 3.05) is 6.61 Å². The molecular weight excluding hydrogens is 142 g/mol. The molecule has 0 aromatic carbocycles. The predicted octanol–water partition coefficient (Wildman–Crippen LogP) is 1.45. The van der Waals surface area contributed by atoms with E-state index in [-0.39, 0.29) is 19.0 Å². The molecule has 0 atom stereocenters. The summed E-state index contributed by atoms with van der Waals surface area (Å²) in [5.74, 6) is -0.232. The van der Waals surface area contributed by atoms with E-state index in [1.807, 2.05) is 6.07 Å². The van der Waals surface area contributed by atoms with Gasteiger partial charge in [0.1, 0.15) is 6.61 Å². The van der Waals surface area contributed by atoms with Gasteiger partial charge in [0, 0.05) is 6.42 Å². The van der Waals surface area contributed by atoms with Gasteiger partial charge in [-0.05, 0) is 6.42 Å². The lowest BCUT2D eigenvalue weighted by Crippen LogP contribution is -2.04. The molecule has 3 nitrogen and oxygen atoms in total. The number of hydrogen-bond acceptors (Lipinski definition) is 3.